The van der Waals surface area contributed by atoms with E-state index in [1.54, 1.807) is 29.2 Å². The Bertz CT molecular complexity index is 1260. The first-order chi connectivity index (χ1) is 15.1. The molecule has 166 valence electrons. The highest BCUT2D eigenvalue weighted by Gasteiger charge is 2.34. The first kappa shape index (κ1) is 21.3. The van der Waals surface area contributed by atoms with Crippen molar-refractivity contribution in [3.8, 4) is 0 Å². The summed E-state index contributed by atoms with van der Waals surface area (Å²) in [4.78, 5) is 38.5. The van der Waals surface area contributed by atoms with Gasteiger partial charge in [-0.3, -0.25) is 14.9 Å². The summed E-state index contributed by atoms with van der Waals surface area (Å²) in [7, 11) is 0. The highest BCUT2D eigenvalue weighted by atomic mass is 19.4. The fourth-order valence-corrected chi connectivity index (χ4v) is 3.65. The van der Waals surface area contributed by atoms with Crippen LogP contribution in [-0.4, -0.2) is 41.9 Å². The van der Waals surface area contributed by atoms with E-state index in [0.29, 0.717) is 17.0 Å². The maximum Gasteiger partial charge on any atom is 0.416 e. The number of nitro groups is 1. The van der Waals surface area contributed by atoms with E-state index >= 15 is 0 Å². The molecule has 0 aliphatic carbocycles. The molecule has 0 bridgehead atoms. The summed E-state index contributed by atoms with van der Waals surface area (Å²) in [6.07, 6.45) is -4.70. The lowest BCUT2D eigenvalue weighted by molar-refractivity contribution is -0.384. The number of nitrogens with zero attached hydrogens (tertiary/aromatic N) is 3. The van der Waals surface area contributed by atoms with E-state index in [-0.39, 0.29) is 37.4 Å². The van der Waals surface area contributed by atoms with E-state index in [1.165, 1.54) is 11.0 Å². The average molecular weight is 447 g/mol. The van der Waals surface area contributed by atoms with Crippen molar-refractivity contribution < 1.29 is 27.3 Å². The highest BCUT2D eigenvalue weighted by molar-refractivity contribution is 5.96. The smallest absolute Gasteiger partial charge is 0.416 e. The maximum absolute atomic E-state index is 12.9. The van der Waals surface area contributed by atoms with Gasteiger partial charge in [0.05, 0.1) is 10.5 Å². The second-order valence-electron chi connectivity index (χ2n) is 7.22. The van der Waals surface area contributed by atoms with Gasteiger partial charge in [-0.25, -0.2) is 4.79 Å². The number of nitro benzene ring substituents is 1. The van der Waals surface area contributed by atoms with Gasteiger partial charge in [0.2, 0.25) is 0 Å². The Morgan fingerprint density at radius 3 is 2.38 bits per heavy atom. The van der Waals surface area contributed by atoms with Crippen molar-refractivity contribution in [1.82, 2.24) is 4.90 Å². The molecule has 1 aliphatic heterocycles. The lowest BCUT2D eigenvalue weighted by Crippen LogP contribution is -2.49. The Labute approximate surface area is 178 Å². The number of carbonyl (C=O) groups is 1. The average Bonchev–Trinajstić information content (AvgIpc) is 2.77. The molecule has 0 saturated carbocycles. The Morgan fingerprint density at radius 2 is 1.72 bits per heavy atom. The predicted molar refractivity (Wildman–Crippen MR) is 109 cm³/mol. The molecule has 0 radical (unpaired) electrons. The molecule has 0 atom stereocenters. The summed E-state index contributed by atoms with van der Waals surface area (Å²) in [6, 6.07) is 10.6. The number of amides is 1. The molecule has 2 aromatic carbocycles. The van der Waals surface area contributed by atoms with Crippen LogP contribution in [0.2, 0.25) is 0 Å². The van der Waals surface area contributed by atoms with Crippen LogP contribution in [0.5, 0.6) is 0 Å². The third-order valence-corrected chi connectivity index (χ3v) is 5.28. The van der Waals surface area contributed by atoms with E-state index in [2.05, 4.69) is 0 Å². The van der Waals surface area contributed by atoms with Gasteiger partial charge in [0, 0.05) is 37.6 Å². The number of benzene rings is 2. The number of carbonyl (C=O) groups excluding carboxylic acids is 1. The monoisotopic (exact) mass is 447 g/mol. The molecular formula is C21H16F3N3O5. The Kier molecular flexibility index (Phi) is 5.33. The molecule has 1 aromatic heterocycles. The van der Waals surface area contributed by atoms with Crippen molar-refractivity contribution in [2.45, 2.75) is 6.18 Å². The number of rotatable bonds is 3. The van der Waals surface area contributed by atoms with Crippen LogP contribution >= 0.6 is 0 Å². The molecule has 2 heterocycles. The van der Waals surface area contributed by atoms with Gasteiger partial charge in [-0.1, -0.05) is 18.2 Å². The normalized spacial score (nSPS) is 14.6. The molecule has 0 spiro atoms. The number of halogens is 3. The van der Waals surface area contributed by atoms with Crippen molar-refractivity contribution in [2.24, 2.45) is 0 Å². The summed E-state index contributed by atoms with van der Waals surface area (Å²) in [5.74, 6) is -0.536. The molecule has 0 unspecified atom stereocenters. The molecular weight excluding hydrogens is 431 g/mol. The van der Waals surface area contributed by atoms with Gasteiger partial charge in [0.25, 0.3) is 11.6 Å². The number of piperazine rings is 1. The molecule has 0 N–H and O–H groups in total. The quantitative estimate of drug-likeness (QED) is 0.345. The molecule has 1 amide bonds. The zero-order valence-corrected chi connectivity index (χ0v) is 16.5. The van der Waals surface area contributed by atoms with E-state index in [9.17, 15) is 32.9 Å². The van der Waals surface area contributed by atoms with Crippen molar-refractivity contribution in [3.05, 3.63) is 80.2 Å². The molecule has 1 aliphatic rings. The Morgan fingerprint density at radius 1 is 1.03 bits per heavy atom. The lowest BCUT2D eigenvalue weighted by atomic mass is 10.1. The number of alkyl halides is 3. The predicted octanol–water partition coefficient (Wildman–Crippen LogP) is 3.68. The SMILES string of the molecule is O=C(c1cc2ccccc2oc1=O)N1CCN(c2ccc(C(F)(F)F)cc2[N+](=O)[O-])CC1. The van der Waals surface area contributed by atoms with E-state index in [1.807, 2.05) is 0 Å². The van der Waals surface area contributed by atoms with Gasteiger partial charge in [-0.15, -0.1) is 0 Å². The van der Waals surface area contributed by atoms with Gasteiger partial charge in [0.15, 0.2) is 0 Å². The molecule has 8 nitrogen and oxygen atoms in total. The molecule has 4 rings (SSSR count). The van der Waals surface area contributed by atoms with Crippen LogP contribution < -0.4 is 10.5 Å². The van der Waals surface area contributed by atoms with Crippen molar-refractivity contribution in [1.29, 1.82) is 0 Å². The largest absolute Gasteiger partial charge is 0.422 e. The van der Waals surface area contributed by atoms with Gasteiger partial charge in [-0.05, 0) is 24.3 Å². The third-order valence-electron chi connectivity index (χ3n) is 5.28. The number of fused-ring (bicyclic) bond motifs is 1. The molecule has 3 aromatic rings. The Balaban J connectivity index is 1.54. The topological polar surface area (TPSA) is 96.9 Å². The molecule has 1 saturated heterocycles. The summed E-state index contributed by atoms with van der Waals surface area (Å²) < 4.78 is 44.0. The number of anilines is 1. The molecule has 32 heavy (non-hydrogen) atoms. The minimum Gasteiger partial charge on any atom is -0.422 e. The number of hydrogen-bond acceptors (Lipinski definition) is 6. The minimum absolute atomic E-state index is 0.0420. The van der Waals surface area contributed by atoms with Crippen LogP contribution in [0, 0.1) is 10.1 Å². The van der Waals surface area contributed by atoms with Crippen molar-refractivity contribution in [2.75, 3.05) is 31.1 Å². The number of hydrogen-bond donors (Lipinski definition) is 0. The fourth-order valence-electron chi connectivity index (χ4n) is 3.65. The summed E-state index contributed by atoms with van der Waals surface area (Å²) in [5.41, 5.74) is -2.26. The zero-order chi connectivity index (χ0) is 23.0. The first-order valence-corrected chi connectivity index (χ1v) is 9.58. The fraction of sp³-hybridized carbons (Fsp3) is 0.238. The molecule has 1 fully saturated rings. The standard InChI is InChI=1S/C21H16F3N3O5/c22-21(23,24)14-5-6-16(17(12-14)27(30)31)25-7-9-26(10-8-25)19(28)15-11-13-3-1-2-4-18(13)32-20(15)29/h1-6,11-12H,7-10H2. The van der Waals surface area contributed by atoms with Gasteiger partial charge >= 0.3 is 11.8 Å². The highest BCUT2D eigenvalue weighted by Crippen LogP contribution is 2.36. The zero-order valence-electron chi connectivity index (χ0n) is 16.5. The van der Waals surface area contributed by atoms with Crippen LogP contribution in [0.3, 0.4) is 0 Å². The van der Waals surface area contributed by atoms with Crippen LogP contribution in [0.4, 0.5) is 24.5 Å². The lowest BCUT2D eigenvalue weighted by Gasteiger charge is -2.35. The number of para-hydroxylation sites is 1. The van der Waals surface area contributed by atoms with E-state index < -0.39 is 33.9 Å². The third kappa shape index (κ3) is 4.01. The van der Waals surface area contributed by atoms with Gasteiger partial charge < -0.3 is 14.2 Å². The first-order valence-electron chi connectivity index (χ1n) is 9.58. The van der Waals surface area contributed by atoms with Gasteiger partial charge in [-0.2, -0.15) is 13.2 Å². The van der Waals surface area contributed by atoms with Crippen LogP contribution in [0.1, 0.15) is 15.9 Å². The second-order valence-corrected chi connectivity index (χ2v) is 7.22. The summed E-state index contributed by atoms with van der Waals surface area (Å²) in [6.45, 7) is 0.556. The van der Waals surface area contributed by atoms with E-state index in [0.717, 1.165) is 12.1 Å². The summed E-state index contributed by atoms with van der Waals surface area (Å²) >= 11 is 0. The molecule has 11 heteroatoms. The maximum atomic E-state index is 12.9. The van der Waals surface area contributed by atoms with Gasteiger partial charge in [0.1, 0.15) is 16.8 Å². The van der Waals surface area contributed by atoms with Crippen molar-refractivity contribution in [3.63, 3.8) is 0 Å². The summed E-state index contributed by atoms with van der Waals surface area (Å²) in [5, 5.41) is 11.9. The Hall–Kier alpha value is -3.89. The van der Waals surface area contributed by atoms with Crippen LogP contribution in [0.25, 0.3) is 11.0 Å². The minimum atomic E-state index is -4.70. The van der Waals surface area contributed by atoms with E-state index in [4.69, 9.17) is 4.42 Å². The van der Waals surface area contributed by atoms with Crippen molar-refractivity contribution >= 4 is 28.3 Å². The second kappa shape index (κ2) is 7.98. The van der Waals surface area contributed by atoms with Crippen LogP contribution in [0.15, 0.2) is 57.7 Å². The van der Waals surface area contributed by atoms with Crippen LogP contribution in [-0.2, 0) is 6.18 Å².